The first-order valence-electron chi connectivity index (χ1n) is 10.8. The molecule has 0 bridgehead atoms. The number of hydrogen-bond donors (Lipinski definition) is 0. The van der Waals surface area contributed by atoms with Crippen molar-refractivity contribution in [2.45, 2.75) is 13.3 Å². The molecule has 2 saturated heterocycles. The average molecular weight is 407 g/mol. The highest BCUT2D eigenvalue weighted by molar-refractivity contribution is 5.96. The molecule has 2 fully saturated rings. The van der Waals surface area contributed by atoms with Crippen LogP contribution in [-0.2, 0) is 11.2 Å². The lowest BCUT2D eigenvalue weighted by Crippen LogP contribution is -2.51. The fraction of sp³-hybridized carbons (Fsp3) is 0.417. The van der Waals surface area contributed by atoms with Crippen molar-refractivity contribution in [2.24, 2.45) is 0 Å². The van der Waals surface area contributed by atoms with Crippen molar-refractivity contribution in [3.05, 3.63) is 65.7 Å². The van der Waals surface area contributed by atoms with E-state index in [-0.39, 0.29) is 18.5 Å². The van der Waals surface area contributed by atoms with Crippen LogP contribution in [0, 0.1) is 6.92 Å². The van der Waals surface area contributed by atoms with Crippen LogP contribution in [0.4, 0.5) is 10.5 Å². The second-order valence-corrected chi connectivity index (χ2v) is 8.15. The lowest BCUT2D eigenvalue weighted by Gasteiger charge is -2.35. The third kappa shape index (κ3) is 4.82. The van der Waals surface area contributed by atoms with Gasteiger partial charge in [-0.05, 0) is 31.0 Å². The van der Waals surface area contributed by atoms with Gasteiger partial charge in [0.15, 0.2) is 0 Å². The van der Waals surface area contributed by atoms with Crippen LogP contribution in [-0.4, -0.2) is 79.0 Å². The molecule has 6 heteroatoms. The Hall–Kier alpha value is -2.86. The number of aryl methyl sites for hydroxylation is 1. The molecular weight excluding hydrogens is 376 g/mol. The van der Waals surface area contributed by atoms with Gasteiger partial charge in [-0.2, -0.15) is 0 Å². The second kappa shape index (κ2) is 9.30. The molecule has 158 valence electrons. The Bertz CT molecular complexity index is 861. The second-order valence-electron chi connectivity index (χ2n) is 8.15. The van der Waals surface area contributed by atoms with Crippen molar-refractivity contribution in [2.75, 3.05) is 57.3 Å². The quantitative estimate of drug-likeness (QED) is 0.741. The number of carbonyl (C=O) groups is 2. The van der Waals surface area contributed by atoms with Crippen molar-refractivity contribution in [1.82, 2.24) is 14.7 Å². The summed E-state index contributed by atoms with van der Waals surface area (Å²) < 4.78 is 0. The van der Waals surface area contributed by atoms with Crippen LogP contribution in [0.5, 0.6) is 0 Å². The molecule has 4 rings (SSSR count). The van der Waals surface area contributed by atoms with Gasteiger partial charge in [-0.25, -0.2) is 4.79 Å². The van der Waals surface area contributed by atoms with Crippen LogP contribution < -0.4 is 4.90 Å². The summed E-state index contributed by atoms with van der Waals surface area (Å²) in [5.41, 5.74) is 3.41. The summed E-state index contributed by atoms with van der Waals surface area (Å²) in [6, 6.07) is 18.4. The minimum absolute atomic E-state index is 0.0526. The van der Waals surface area contributed by atoms with Gasteiger partial charge in [0.1, 0.15) is 6.54 Å². The average Bonchev–Trinajstić information content (AvgIpc) is 3.14. The molecule has 0 N–H and O–H groups in total. The maximum atomic E-state index is 12.8. The van der Waals surface area contributed by atoms with Gasteiger partial charge in [0, 0.05) is 51.5 Å². The van der Waals surface area contributed by atoms with E-state index < -0.39 is 0 Å². The molecule has 0 unspecified atom stereocenters. The predicted molar refractivity (Wildman–Crippen MR) is 119 cm³/mol. The normalized spacial score (nSPS) is 17.6. The van der Waals surface area contributed by atoms with Crippen LogP contribution >= 0.6 is 0 Å². The van der Waals surface area contributed by atoms with Gasteiger partial charge in [-0.3, -0.25) is 14.6 Å². The number of benzene rings is 2. The smallest absolute Gasteiger partial charge is 0.325 e. The first-order valence-corrected chi connectivity index (χ1v) is 10.8. The van der Waals surface area contributed by atoms with Crippen molar-refractivity contribution in [3.63, 3.8) is 0 Å². The number of amides is 3. The van der Waals surface area contributed by atoms with Crippen molar-refractivity contribution >= 4 is 17.6 Å². The molecule has 2 aromatic rings. The Labute approximate surface area is 178 Å². The highest BCUT2D eigenvalue weighted by Gasteiger charge is 2.32. The Morgan fingerprint density at radius 3 is 2.27 bits per heavy atom. The molecule has 2 aromatic carbocycles. The van der Waals surface area contributed by atoms with Gasteiger partial charge < -0.3 is 9.80 Å². The Kier molecular flexibility index (Phi) is 6.33. The van der Waals surface area contributed by atoms with E-state index in [1.807, 2.05) is 42.2 Å². The standard InChI is InChI=1S/C24H30N4O2/c1-20-7-9-22(10-8-20)28-18-17-27(24(28)30)19-23(29)26-15-13-25(14-16-26)12-11-21-5-3-2-4-6-21/h2-10H,11-19H2,1H3. The zero-order chi connectivity index (χ0) is 20.9. The number of anilines is 1. The predicted octanol–water partition coefficient (Wildman–Crippen LogP) is 2.62. The lowest BCUT2D eigenvalue weighted by molar-refractivity contribution is -0.133. The maximum Gasteiger partial charge on any atom is 0.325 e. The summed E-state index contributed by atoms with van der Waals surface area (Å²) in [7, 11) is 0. The van der Waals surface area contributed by atoms with E-state index in [4.69, 9.17) is 0 Å². The lowest BCUT2D eigenvalue weighted by atomic mass is 10.1. The van der Waals surface area contributed by atoms with E-state index in [0.29, 0.717) is 13.1 Å². The summed E-state index contributed by atoms with van der Waals surface area (Å²) in [6.07, 6.45) is 1.03. The summed E-state index contributed by atoms with van der Waals surface area (Å²) in [4.78, 5) is 33.3. The first kappa shape index (κ1) is 20.4. The number of rotatable bonds is 6. The van der Waals surface area contributed by atoms with E-state index in [1.165, 1.54) is 11.1 Å². The van der Waals surface area contributed by atoms with Gasteiger partial charge in [-0.1, -0.05) is 48.0 Å². The Balaban J connectivity index is 1.23. The van der Waals surface area contributed by atoms with Crippen LogP contribution in [0.25, 0.3) is 0 Å². The molecule has 0 radical (unpaired) electrons. The van der Waals surface area contributed by atoms with Gasteiger partial charge >= 0.3 is 6.03 Å². The summed E-state index contributed by atoms with van der Waals surface area (Å²) in [5, 5.41) is 0. The zero-order valence-corrected chi connectivity index (χ0v) is 17.7. The van der Waals surface area contributed by atoms with E-state index >= 15 is 0 Å². The highest BCUT2D eigenvalue weighted by Crippen LogP contribution is 2.21. The van der Waals surface area contributed by atoms with Crippen molar-refractivity contribution < 1.29 is 9.59 Å². The minimum atomic E-state index is -0.0753. The van der Waals surface area contributed by atoms with Gasteiger partial charge in [0.25, 0.3) is 0 Å². The Morgan fingerprint density at radius 1 is 0.867 bits per heavy atom. The molecular formula is C24H30N4O2. The van der Waals surface area contributed by atoms with E-state index in [0.717, 1.165) is 44.8 Å². The number of piperazine rings is 1. The molecule has 6 nitrogen and oxygen atoms in total. The zero-order valence-electron chi connectivity index (χ0n) is 17.7. The monoisotopic (exact) mass is 406 g/mol. The molecule has 2 heterocycles. The molecule has 0 spiro atoms. The topological polar surface area (TPSA) is 47.1 Å². The first-order chi connectivity index (χ1) is 14.6. The van der Waals surface area contributed by atoms with E-state index in [9.17, 15) is 9.59 Å². The summed E-state index contributed by atoms with van der Waals surface area (Å²) >= 11 is 0. The van der Waals surface area contributed by atoms with Crippen LogP contribution in [0.1, 0.15) is 11.1 Å². The molecule has 0 atom stereocenters. The minimum Gasteiger partial charge on any atom is -0.339 e. The van der Waals surface area contributed by atoms with E-state index in [1.54, 1.807) is 9.80 Å². The number of carbonyl (C=O) groups excluding carboxylic acids is 2. The largest absolute Gasteiger partial charge is 0.339 e. The van der Waals surface area contributed by atoms with Crippen LogP contribution in [0.15, 0.2) is 54.6 Å². The van der Waals surface area contributed by atoms with Gasteiger partial charge in [0.05, 0.1) is 0 Å². The molecule has 0 aliphatic carbocycles. The summed E-state index contributed by atoms with van der Waals surface area (Å²) in [5.74, 6) is 0.0526. The molecule has 2 aliphatic heterocycles. The van der Waals surface area contributed by atoms with Crippen molar-refractivity contribution in [1.29, 1.82) is 0 Å². The van der Waals surface area contributed by atoms with Crippen LogP contribution in [0.3, 0.4) is 0 Å². The number of urea groups is 1. The number of hydrogen-bond acceptors (Lipinski definition) is 3. The fourth-order valence-corrected chi connectivity index (χ4v) is 4.11. The van der Waals surface area contributed by atoms with Gasteiger partial charge in [0.2, 0.25) is 5.91 Å². The molecule has 2 aliphatic rings. The summed E-state index contributed by atoms with van der Waals surface area (Å²) in [6.45, 7) is 7.69. The number of nitrogens with zero attached hydrogens (tertiary/aromatic N) is 4. The van der Waals surface area contributed by atoms with Crippen LogP contribution in [0.2, 0.25) is 0 Å². The Morgan fingerprint density at radius 2 is 1.57 bits per heavy atom. The third-order valence-electron chi connectivity index (χ3n) is 6.05. The molecule has 0 aromatic heterocycles. The maximum absolute atomic E-state index is 12.8. The molecule has 3 amide bonds. The fourth-order valence-electron chi connectivity index (χ4n) is 4.11. The molecule has 0 saturated carbocycles. The third-order valence-corrected chi connectivity index (χ3v) is 6.05. The van der Waals surface area contributed by atoms with Crippen molar-refractivity contribution in [3.8, 4) is 0 Å². The SMILES string of the molecule is Cc1ccc(N2CCN(CC(=O)N3CCN(CCc4ccccc4)CC3)C2=O)cc1. The van der Waals surface area contributed by atoms with Gasteiger partial charge in [-0.15, -0.1) is 0 Å². The molecule has 30 heavy (non-hydrogen) atoms. The highest BCUT2D eigenvalue weighted by atomic mass is 16.2. The van der Waals surface area contributed by atoms with E-state index in [2.05, 4.69) is 29.2 Å².